The van der Waals surface area contributed by atoms with Crippen LogP contribution in [0.4, 0.5) is 0 Å². The standard InChI is InChI=1S/C60H90N14O12S2/c1-6-71(7-2)36-51(78)74(58(85)44(33-38-18-12-10-13-19-38)69-52(79)42(32-39-22-24-40(86-5)25-23-39)66-50(77)35-60(88)28-14-11-15-29-60)57(84)41(20-16-30-65-59(63)64)67-55(82)47-21-17-31-73(47)56(83)45(37-87)70-53(80)43(34-49(62)76)68-54(81)46(26-27-48(61)75)72(8-3)9-4/h10,12-13,18-19,22-25,37,41-47,88H,6-9,11,14-17,20-21,26-36H2,1-5H3,(H2,61,75)(H2,62,76)(H,66,77)(H,67,82)(H,68,81)(H,69,79)(H,70,80)(H4,63,64,65)/t41-,42-,43-,44-,45-,46-,47-/m0/s1. The van der Waals surface area contributed by atoms with Gasteiger partial charge in [-0.1, -0.05) is 102 Å². The minimum atomic E-state index is -1.67. The SMILES string of the molecule is CCN(CC)CC(=O)N(C(=O)[C@H](Cc1ccccc1)NC(=O)[C@H](Cc1ccc(OC)cc1)NC(=O)CC1(S)CCCCC1)C(=O)[C@H](CCCN=C(N)N)NC(=O)[C@@H]1CCCN1C(=O)[C@H](C=S)NC(=O)[C@H](CC(N)=O)NC(=O)[C@H](CCC(N)=O)N(CC)CC. The third kappa shape index (κ3) is 22.9. The van der Waals surface area contributed by atoms with E-state index < -0.39 is 125 Å². The maximum atomic E-state index is 15.5. The number of likely N-dealkylation sites (N-methyl/N-ethyl adjacent to an activating group) is 2. The van der Waals surface area contributed by atoms with Crippen LogP contribution in [-0.2, 0) is 65.6 Å². The predicted octanol–water partition coefficient (Wildman–Crippen LogP) is 0.0464. The van der Waals surface area contributed by atoms with Gasteiger partial charge in [-0.05, 0) is 94.4 Å². The molecule has 1 saturated carbocycles. The lowest BCUT2D eigenvalue weighted by Crippen LogP contribution is -2.62. The van der Waals surface area contributed by atoms with Crippen LogP contribution in [0.3, 0.4) is 0 Å². The lowest BCUT2D eigenvalue weighted by atomic mass is 9.85. The molecule has 2 aromatic carbocycles. The number of benzene rings is 2. The fraction of sp³-hybridized carbons (Fsp3) is 0.583. The Kier molecular flexibility index (Phi) is 30.4. The first kappa shape index (κ1) is 72.9. The van der Waals surface area contributed by atoms with Gasteiger partial charge in [0, 0.05) is 48.9 Å². The average molecular weight is 1260 g/mol. The monoisotopic (exact) mass is 1260 g/mol. The predicted molar refractivity (Wildman–Crippen MR) is 338 cm³/mol. The van der Waals surface area contributed by atoms with E-state index in [1.54, 1.807) is 92.1 Å². The van der Waals surface area contributed by atoms with Crippen LogP contribution in [-0.4, -0.2) is 196 Å². The highest BCUT2D eigenvalue weighted by Crippen LogP contribution is 2.36. The molecule has 1 aliphatic heterocycles. The average Bonchev–Trinajstić information content (AvgIpc) is 3.85. The van der Waals surface area contributed by atoms with E-state index in [-0.39, 0.29) is 76.8 Å². The first-order chi connectivity index (χ1) is 41.9. The van der Waals surface area contributed by atoms with Crippen molar-refractivity contribution in [2.75, 3.05) is 52.9 Å². The number of thiol groups is 1. The van der Waals surface area contributed by atoms with E-state index >= 15 is 9.59 Å². The zero-order valence-corrected chi connectivity index (χ0v) is 52.9. The van der Waals surface area contributed by atoms with Crippen molar-refractivity contribution in [3.8, 4) is 5.75 Å². The summed E-state index contributed by atoms with van der Waals surface area (Å²) in [4.78, 5) is 164. The second-order valence-corrected chi connectivity index (χ2v) is 23.3. The number of nitrogens with one attached hydrogen (secondary N) is 5. The fourth-order valence-corrected chi connectivity index (χ4v) is 11.5. The second kappa shape index (κ2) is 36.7. The number of carbonyl (C=O) groups is 11. The number of imide groups is 3. The van der Waals surface area contributed by atoms with Crippen molar-refractivity contribution in [1.82, 2.24) is 46.2 Å². The van der Waals surface area contributed by atoms with Crippen LogP contribution in [0.25, 0.3) is 0 Å². The number of hydrogen-bond acceptors (Lipinski definition) is 17. The fourth-order valence-electron chi connectivity index (χ4n) is 10.9. The van der Waals surface area contributed by atoms with E-state index in [0.29, 0.717) is 60.8 Å². The zero-order valence-electron chi connectivity index (χ0n) is 51.2. The summed E-state index contributed by atoms with van der Waals surface area (Å²) in [5.74, 6) is -9.39. The molecule has 1 heterocycles. The highest BCUT2D eigenvalue weighted by Gasteiger charge is 2.44. The van der Waals surface area contributed by atoms with Gasteiger partial charge in [-0.2, -0.15) is 12.6 Å². The second-order valence-electron chi connectivity index (χ2n) is 22.0. The molecule has 484 valence electrons. The van der Waals surface area contributed by atoms with Crippen molar-refractivity contribution < 1.29 is 57.5 Å². The Labute approximate surface area is 525 Å². The number of primary amides is 2. The number of aliphatic imine (C=N–C) groups is 1. The molecule has 88 heavy (non-hydrogen) atoms. The summed E-state index contributed by atoms with van der Waals surface area (Å²) in [5.41, 5.74) is 23.3. The van der Waals surface area contributed by atoms with Crippen molar-refractivity contribution in [3.05, 3.63) is 65.7 Å². The minimum absolute atomic E-state index is 0.00322. The van der Waals surface area contributed by atoms with Gasteiger partial charge in [-0.3, -0.25) is 67.5 Å². The van der Waals surface area contributed by atoms with E-state index in [0.717, 1.165) is 29.5 Å². The highest BCUT2D eigenvalue weighted by atomic mass is 32.1. The lowest BCUT2D eigenvalue weighted by Gasteiger charge is -2.33. The summed E-state index contributed by atoms with van der Waals surface area (Å²) >= 11 is 10.1. The Hall–Kier alpha value is -7.56. The van der Waals surface area contributed by atoms with Crippen LogP contribution in [0, 0.1) is 0 Å². The number of methoxy groups -OCH3 is 1. The first-order valence-corrected chi connectivity index (χ1v) is 31.0. The van der Waals surface area contributed by atoms with E-state index in [2.05, 4.69) is 31.6 Å². The Morgan fingerprint density at radius 2 is 1.32 bits per heavy atom. The van der Waals surface area contributed by atoms with Crippen molar-refractivity contribution in [3.63, 3.8) is 0 Å². The van der Waals surface area contributed by atoms with Gasteiger partial charge >= 0.3 is 0 Å². The maximum Gasteiger partial charge on any atom is 0.259 e. The molecule has 1 saturated heterocycles. The zero-order chi connectivity index (χ0) is 65.1. The van der Waals surface area contributed by atoms with Crippen molar-refractivity contribution in [1.29, 1.82) is 0 Å². The molecule has 26 nitrogen and oxygen atoms in total. The maximum absolute atomic E-state index is 15.5. The molecule has 11 amide bonds. The van der Waals surface area contributed by atoms with Crippen molar-refractivity contribution >= 4 is 101 Å². The Morgan fingerprint density at radius 1 is 0.716 bits per heavy atom. The van der Waals surface area contributed by atoms with Crippen LogP contribution >= 0.6 is 24.8 Å². The molecule has 2 aromatic rings. The quantitative estimate of drug-likeness (QED) is 0.0142. The van der Waals surface area contributed by atoms with Crippen LogP contribution in [0.2, 0.25) is 0 Å². The number of nitrogens with zero attached hydrogens (tertiary/aromatic N) is 5. The molecule has 28 heteroatoms. The van der Waals surface area contributed by atoms with Gasteiger partial charge in [0.2, 0.25) is 47.3 Å². The molecule has 13 N–H and O–H groups in total. The number of hydrogen-bond donors (Lipinski definition) is 10. The van der Waals surface area contributed by atoms with Gasteiger partial charge in [0.15, 0.2) is 5.96 Å². The Bertz CT molecular complexity index is 2760. The third-order valence-corrected chi connectivity index (χ3v) is 16.6. The molecule has 7 atom stereocenters. The van der Waals surface area contributed by atoms with Crippen molar-refractivity contribution in [2.45, 2.75) is 171 Å². The van der Waals surface area contributed by atoms with Gasteiger partial charge in [-0.25, -0.2) is 4.90 Å². The molecule has 2 aliphatic rings. The summed E-state index contributed by atoms with van der Waals surface area (Å²) in [6.07, 6.45) is 3.14. The Morgan fingerprint density at radius 3 is 1.90 bits per heavy atom. The molecule has 0 aromatic heterocycles. The van der Waals surface area contributed by atoms with Crippen LogP contribution in [0.15, 0.2) is 59.6 Å². The highest BCUT2D eigenvalue weighted by molar-refractivity contribution is 7.81. The first-order valence-electron chi connectivity index (χ1n) is 30.1. The van der Waals surface area contributed by atoms with Gasteiger partial charge in [0.25, 0.3) is 17.7 Å². The number of carbonyl (C=O) groups excluding carboxylic acids is 11. The van der Waals surface area contributed by atoms with Crippen LogP contribution in [0.1, 0.15) is 122 Å². The van der Waals surface area contributed by atoms with Crippen molar-refractivity contribution in [2.24, 2.45) is 27.9 Å². The molecule has 0 spiro atoms. The number of rotatable bonds is 36. The number of thiocarbonyl (C=S) groups is 1. The van der Waals surface area contributed by atoms with E-state index in [1.165, 1.54) is 7.11 Å². The van der Waals surface area contributed by atoms with E-state index in [4.69, 9.17) is 52.5 Å². The molecular weight excluding hydrogens is 1170 g/mol. The summed E-state index contributed by atoms with van der Waals surface area (Å²) in [5, 5.41) is 14.3. The van der Waals surface area contributed by atoms with Gasteiger partial charge in [0.1, 0.15) is 42.0 Å². The summed E-state index contributed by atoms with van der Waals surface area (Å²) in [6.45, 7) is 8.01. The largest absolute Gasteiger partial charge is 0.497 e. The van der Waals surface area contributed by atoms with E-state index in [1.807, 2.05) is 0 Å². The number of ether oxygens (including phenoxy) is 1. The number of amides is 11. The number of guanidine groups is 1. The molecule has 0 radical (unpaired) electrons. The number of likely N-dealkylation sites (tertiary alicyclic amines) is 1. The normalized spacial score (nSPS) is 16.5. The molecule has 0 bridgehead atoms. The summed E-state index contributed by atoms with van der Waals surface area (Å²) < 4.78 is 4.75. The van der Waals surface area contributed by atoms with E-state index in [9.17, 15) is 43.2 Å². The Balaban J connectivity index is 1.73. The molecule has 0 unspecified atom stereocenters. The van der Waals surface area contributed by atoms with Gasteiger partial charge in [0.05, 0.1) is 26.1 Å². The molecule has 2 fully saturated rings. The molecule has 1 aliphatic carbocycles. The topological polar surface area (TPSA) is 387 Å². The molecule has 4 rings (SSSR count). The summed E-state index contributed by atoms with van der Waals surface area (Å²) in [6, 6.07) is 5.37. The number of nitrogens with two attached hydrogens (primary N) is 4. The van der Waals surface area contributed by atoms with Crippen LogP contribution < -0.4 is 54.3 Å². The van der Waals surface area contributed by atoms with Crippen LogP contribution in [0.5, 0.6) is 5.75 Å². The lowest BCUT2D eigenvalue weighted by molar-refractivity contribution is -0.158. The van der Waals surface area contributed by atoms with Gasteiger partial charge in [-0.15, -0.1) is 0 Å². The third-order valence-electron chi connectivity index (χ3n) is 15.7. The minimum Gasteiger partial charge on any atom is -0.497 e. The van der Waals surface area contributed by atoms with Gasteiger partial charge < -0.3 is 59.2 Å². The smallest absolute Gasteiger partial charge is 0.259 e. The molecular formula is C60H90N14O12S2. The summed E-state index contributed by atoms with van der Waals surface area (Å²) in [7, 11) is 1.51.